The van der Waals surface area contributed by atoms with Crippen LogP contribution < -0.4 is 20.1 Å². The minimum atomic E-state index is -5.34. The normalized spacial score (nSPS) is 19.5. The number of hydrogen-bond donors (Lipinski definition) is 3. The van der Waals surface area contributed by atoms with Gasteiger partial charge < -0.3 is 25.2 Å². The minimum Gasteiger partial charge on any atom is -0.494 e. The van der Waals surface area contributed by atoms with Crippen molar-refractivity contribution >= 4 is 22.7 Å². The number of halogens is 4. The van der Waals surface area contributed by atoms with Crippen molar-refractivity contribution < 1.29 is 41.7 Å². The van der Waals surface area contributed by atoms with Gasteiger partial charge in [0.2, 0.25) is 11.5 Å². The molecular formula is C33H30F4N4O5. The Labute approximate surface area is 261 Å². The molecule has 2 aromatic carbocycles. The van der Waals surface area contributed by atoms with Gasteiger partial charge in [0.1, 0.15) is 40.5 Å². The highest BCUT2D eigenvalue weighted by Crippen LogP contribution is 2.48. The molecule has 2 atom stereocenters. The number of methoxy groups -OCH3 is 1. The summed E-state index contributed by atoms with van der Waals surface area (Å²) in [5.74, 6) is -1.69. The summed E-state index contributed by atoms with van der Waals surface area (Å²) in [7, 11) is 1.37. The van der Waals surface area contributed by atoms with Crippen LogP contribution in [-0.2, 0) is 15.8 Å². The third-order valence-electron chi connectivity index (χ3n) is 8.66. The third kappa shape index (κ3) is 5.38. The molecule has 2 aliphatic rings. The van der Waals surface area contributed by atoms with Crippen LogP contribution in [0.25, 0.3) is 22.2 Å². The average molecular weight is 639 g/mol. The number of carbonyl (C=O) groups excluding carboxylic acids is 2. The third-order valence-corrected chi connectivity index (χ3v) is 8.66. The van der Waals surface area contributed by atoms with E-state index in [1.165, 1.54) is 44.5 Å². The topological polar surface area (TPSA) is 123 Å². The van der Waals surface area contributed by atoms with Crippen LogP contribution in [0.4, 0.5) is 17.6 Å². The lowest BCUT2D eigenvalue weighted by Crippen LogP contribution is -2.52. The summed E-state index contributed by atoms with van der Waals surface area (Å²) >= 11 is 0. The summed E-state index contributed by atoms with van der Waals surface area (Å²) in [6.07, 6.45) is -2.31. The van der Waals surface area contributed by atoms with Crippen LogP contribution >= 0.6 is 0 Å². The second kappa shape index (κ2) is 10.9. The highest BCUT2D eigenvalue weighted by atomic mass is 19.4. The van der Waals surface area contributed by atoms with Gasteiger partial charge in [-0.15, -0.1) is 0 Å². The Kier molecular flexibility index (Phi) is 7.42. The number of aliphatic hydroxyl groups is 1. The average Bonchev–Trinajstić information content (AvgIpc) is 3.66. The number of pyridine rings is 2. The van der Waals surface area contributed by atoms with Gasteiger partial charge in [-0.05, 0) is 75.2 Å². The van der Waals surface area contributed by atoms with Crippen LogP contribution in [0.2, 0.25) is 0 Å². The number of nitrogens with one attached hydrogen (secondary N) is 2. The summed E-state index contributed by atoms with van der Waals surface area (Å²) in [6, 6.07) is 11.9. The van der Waals surface area contributed by atoms with Gasteiger partial charge >= 0.3 is 6.18 Å². The summed E-state index contributed by atoms with van der Waals surface area (Å²) < 4.78 is 69.6. The van der Waals surface area contributed by atoms with Crippen molar-refractivity contribution in [3.05, 3.63) is 83.4 Å². The first-order valence-electron chi connectivity index (χ1n) is 14.4. The number of amides is 2. The first-order chi connectivity index (χ1) is 21.7. The molecule has 0 spiro atoms. The van der Waals surface area contributed by atoms with Crippen LogP contribution in [0.5, 0.6) is 11.5 Å². The first kappa shape index (κ1) is 31.2. The van der Waals surface area contributed by atoms with Crippen molar-refractivity contribution in [2.24, 2.45) is 0 Å². The summed E-state index contributed by atoms with van der Waals surface area (Å²) in [6.45, 7) is 1.87. The molecular weight excluding hydrogens is 608 g/mol. The van der Waals surface area contributed by atoms with E-state index in [0.717, 1.165) is 31.0 Å². The van der Waals surface area contributed by atoms with E-state index in [0.29, 0.717) is 10.9 Å². The van der Waals surface area contributed by atoms with Crippen LogP contribution in [0.1, 0.15) is 48.3 Å². The van der Waals surface area contributed by atoms with Crippen LogP contribution in [0, 0.1) is 5.82 Å². The lowest BCUT2D eigenvalue weighted by atomic mass is 9.81. The molecule has 2 amide bonds. The van der Waals surface area contributed by atoms with Crippen molar-refractivity contribution in [1.29, 1.82) is 0 Å². The maximum atomic E-state index is 14.9. The Bertz CT molecular complexity index is 1860. The van der Waals surface area contributed by atoms with E-state index in [1.807, 2.05) is 6.92 Å². The fraction of sp³-hybridized carbons (Fsp3) is 0.333. The first-order valence-corrected chi connectivity index (χ1v) is 14.4. The highest BCUT2D eigenvalue weighted by Gasteiger charge is 2.58. The fourth-order valence-corrected chi connectivity index (χ4v) is 5.40. The molecule has 1 aliphatic heterocycles. The monoisotopic (exact) mass is 638 g/mol. The molecule has 1 fully saturated rings. The largest absolute Gasteiger partial charge is 0.494 e. The quantitative estimate of drug-likeness (QED) is 0.234. The van der Waals surface area contributed by atoms with Crippen molar-refractivity contribution in [3.63, 3.8) is 0 Å². The Morgan fingerprint density at radius 2 is 1.80 bits per heavy atom. The molecule has 9 nitrogen and oxygen atoms in total. The van der Waals surface area contributed by atoms with Gasteiger partial charge in [0.05, 0.1) is 19.3 Å². The lowest BCUT2D eigenvalue weighted by molar-refractivity contribution is -0.265. The number of alkyl halides is 3. The Hall–Kier alpha value is -4.78. The van der Waals surface area contributed by atoms with Crippen molar-refractivity contribution in [2.75, 3.05) is 20.3 Å². The molecule has 0 radical (unpaired) electrons. The van der Waals surface area contributed by atoms with Crippen molar-refractivity contribution in [3.8, 4) is 22.8 Å². The number of rotatable bonds is 8. The van der Waals surface area contributed by atoms with E-state index in [2.05, 4.69) is 20.6 Å². The van der Waals surface area contributed by atoms with E-state index in [4.69, 9.17) is 9.47 Å². The van der Waals surface area contributed by atoms with E-state index in [-0.39, 0.29) is 40.5 Å². The molecule has 240 valence electrons. The number of fused-ring (bicyclic) bond motifs is 2. The fourth-order valence-electron chi connectivity index (χ4n) is 5.40. The van der Waals surface area contributed by atoms with E-state index >= 15 is 0 Å². The van der Waals surface area contributed by atoms with Gasteiger partial charge in [-0.3, -0.25) is 14.6 Å². The molecule has 0 unspecified atom stereocenters. The van der Waals surface area contributed by atoms with E-state index in [1.54, 1.807) is 12.1 Å². The molecule has 1 aliphatic carbocycles. The van der Waals surface area contributed by atoms with Gasteiger partial charge in [-0.1, -0.05) is 6.07 Å². The second-order valence-electron chi connectivity index (χ2n) is 12.2. The van der Waals surface area contributed by atoms with Gasteiger partial charge in [-0.25, -0.2) is 9.37 Å². The Morgan fingerprint density at radius 1 is 1.09 bits per heavy atom. The maximum absolute atomic E-state index is 14.9. The zero-order valence-electron chi connectivity index (χ0n) is 25.1. The summed E-state index contributed by atoms with van der Waals surface area (Å²) in [5, 5.41) is 17.1. The highest BCUT2D eigenvalue weighted by molar-refractivity contribution is 6.00. The van der Waals surface area contributed by atoms with Gasteiger partial charge in [0.25, 0.3) is 5.91 Å². The van der Waals surface area contributed by atoms with Gasteiger partial charge in [0.15, 0.2) is 0 Å². The van der Waals surface area contributed by atoms with Crippen LogP contribution in [-0.4, -0.2) is 58.9 Å². The van der Waals surface area contributed by atoms with Crippen LogP contribution in [0.3, 0.4) is 0 Å². The smallest absolute Gasteiger partial charge is 0.424 e. The van der Waals surface area contributed by atoms with E-state index in [9.17, 15) is 32.3 Å². The van der Waals surface area contributed by atoms with Crippen LogP contribution in [0.15, 0.2) is 60.8 Å². The van der Waals surface area contributed by atoms with Gasteiger partial charge in [0, 0.05) is 33.8 Å². The number of carbonyl (C=O) groups is 2. The molecule has 4 aromatic rings. The molecule has 13 heteroatoms. The molecule has 3 N–H and O–H groups in total. The Morgan fingerprint density at radius 3 is 2.46 bits per heavy atom. The molecule has 0 bridgehead atoms. The minimum absolute atomic E-state index is 0.0259. The van der Waals surface area contributed by atoms with Crippen molar-refractivity contribution in [1.82, 2.24) is 20.6 Å². The molecule has 2 aromatic heterocycles. The maximum Gasteiger partial charge on any atom is 0.424 e. The molecule has 3 heterocycles. The number of ether oxygens (including phenoxy) is 2. The predicted molar refractivity (Wildman–Crippen MR) is 159 cm³/mol. The predicted octanol–water partition coefficient (Wildman–Crippen LogP) is 4.94. The molecule has 0 saturated heterocycles. The lowest BCUT2D eigenvalue weighted by Gasteiger charge is -2.32. The molecule has 1 saturated carbocycles. The van der Waals surface area contributed by atoms with Gasteiger partial charge in [-0.2, -0.15) is 13.2 Å². The standard InChI is InChI=1S/C33H30F4N4O5/c1-30(10-11-30)41-29(43)31(2)17-46-27-22(31)15-24(40-26(27)18-6-8-21(34)9-7-18)32(44,33(35,36)37)16-39-28(42)20-13-19-5-4-12-38-25(19)23(14-20)45-3/h4-9,12-15,44H,10-11,16-17H2,1-3H3,(H,39,42)(H,41,43)/t31-,32-/m0/s1. The molecule has 6 rings (SSSR count). The van der Waals surface area contributed by atoms with E-state index < -0.39 is 52.6 Å². The number of aromatic nitrogens is 2. The summed E-state index contributed by atoms with van der Waals surface area (Å²) in [5.41, 5.74) is -5.89. The second-order valence-corrected chi connectivity index (χ2v) is 12.2. The number of hydrogen-bond acceptors (Lipinski definition) is 7. The van der Waals surface area contributed by atoms with Crippen molar-refractivity contribution in [2.45, 2.75) is 49.4 Å². The SMILES string of the molecule is COc1cc(C(=O)NC[C@](O)(c2cc3c(c(-c4ccc(F)cc4)n2)OC[C@]3(C)C(=O)NC2(C)CC2)C(F)(F)F)cc2cccnc12. The number of benzene rings is 2. The zero-order valence-corrected chi connectivity index (χ0v) is 25.1. The zero-order chi connectivity index (χ0) is 33.1. The summed E-state index contributed by atoms with van der Waals surface area (Å²) in [4.78, 5) is 35.1. The molecule has 46 heavy (non-hydrogen) atoms. The number of nitrogens with zero attached hydrogens (tertiary/aromatic N) is 2. The Balaban J connectivity index is 1.42.